The summed E-state index contributed by atoms with van der Waals surface area (Å²) in [5, 5.41) is 0. The van der Waals surface area contributed by atoms with E-state index < -0.39 is 12.3 Å². The van der Waals surface area contributed by atoms with E-state index in [1.54, 1.807) is 12.2 Å². The van der Waals surface area contributed by atoms with E-state index >= 15 is 0 Å². The lowest BCUT2D eigenvalue weighted by Crippen LogP contribution is -2.34. The minimum absolute atomic E-state index is 0.0587. The Morgan fingerprint density at radius 2 is 1.86 bits per heavy atom. The van der Waals surface area contributed by atoms with E-state index in [0.717, 1.165) is 5.56 Å². The summed E-state index contributed by atoms with van der Waals surface area (Å²) in [7, 11) is 2.89. The number of hydrogen-bond acceptors (Lipinski definition) is 2. The maximum atomic E-state index is 15.0. The van der Waals surface area contributed by atoms with Crippen molar-refractivity contribution in [3.63, 3.8) is 0 Å². The summed E-state index contributed by atoms with van der Waals surface area (Å²) >= 11 is 0. The molecule has 0 spiro atoms. The zero-order chi connectivity index (χ0) is 17.0. The normalized spacial score (nSPS) is 26.4. The van der Waals surface area contributed by atoms with Gasteiger partial charge in [0.1, 0.15) is 11.8 Å². The van der Waals surface area contributed by atoms with Gasteiger partial charge in [-0.2, -0.15) is 0 Å². The maximum absolute atomic E-state index is 15.0. The molecule has 0 heterocycles. The van der Waals surface area contributed by atoms with Crippen LogP contribution in [0.5, 0.6) is 0 Å². The van der Waals surface area contributed by atoms with E-state index in [9.17, 15) is 4.39 Å². The molecule has 0 saturated carbocycles. The summed E-state index contributed by atoms with van der Waals surface area (Å²) < 4.78 is 34.2. The van der Waals surface area contributed by atoms with Crippen LogP contribution in [0.25, 0.3) is 6.08 Å². The molecule has 0 amide bonds. The van der Waals surface area contributed by atoms with E-state index in [1.807, 2.05) is 50.3 Å². The van der Waals surface area contributed by atoms with Gasteiger partial charge in [0.25, 0.3) is 0 Å². The van der Waals surface area contributed by atoms with E-state index in [2.05, 4.69) is 0 Å². The number of hydrogen-bond donors (Lipinski definition) is 0. The average molecular weight is 303 g/mol. The average Bonchev–Trinajstić information content (AvgIpc) is 2.56. The second kappa shape index (κ2) is 7.41. The highest BCUT2D eigenvalue weighted by molar-refractivity contribution is 5.55. The van der Waals surface area contributed by atoms with Gasteiger partial charge in [-0.05, 0) is 23.1 Å². The molecule has 0 N–H and O–H groups in total. The zero-order valence-corrected chi connectivity index (χ0v) is 13.5. The molecule has 0 saturated heterocycles. The minimum atomic E-state index is -1.77. The first-order valence-electron chi connectivity index (χ1n) is 7.86. The Morgan fingerprint density at radius 3 is 2.41 bits per heavy atom. The monoisotopic (exact) mass is 303 g/mol. The number of halogens is 1. The molecular weight excluding hydrogens is 279 g/mol. The molecular formula is C19H23FO2. The predicted molar refractivity (Wildman–Crippen MR) is 88.1 cm³/mol. The molecule has 2 nitrogen and oxygen atoms in total. The highest BCUT2D eigenvalue weighted by Crippen LogP contribution is 2.34. The molecule has 2 atom stereocenters. The summed E-state index contributed by atoms with van der Waals surface area (Å²) in [5.74, 6) is 0.440. The number of allylic oxidation sites excluding steroid dienone is 2. The highest BCUT2D eigenvalue weighted by atomic mass is 19.1. The number of benzene rings is 1. The largest absolute Gasteiger partial charge is 0.497 e. The molecule has 0 aromatic heterocycles. The maximum Gasteiger partial charge on any atom is 0.155 e. The van der Waals surface area contributed by atoms with Gasteiger partial charge < -0.3 is 9.47 Å². The molecule has 0 fully saturated rings. The van der Waals surface area contributed by atoms with Crippen LogP contribution in [-0.4, -0.2) is 26.5 Å². The minimum Gasteiger partial charge on any atom is -0.497 e. The molecule has 3 heteroatoms. The molecule has 0 aliphatic heterocycles. The Hall–Kier alpha value is -1.87. The van der Waals surface area contributed by atoms with Crippen molar-refractivity contribution in [2.45, 2.75) is 26.1 Å². The van der Waals surface area contributed by atoms with Crippen molar-refractivity contribution in [2.24, 2.45) is 5.92 Å². The number of ether oxygens (including phenoxy) is 2. The van der Waals surface area contributed by atoms with Gasteiger partial charge in [-0.3, -0.25) is 0 Å². The zero-order valence-electron chi connectivity index (χ0n) is 14.5. The Balaban J connectivity index is 2.46. The molecule has 118 valence electrons. The lowest BCUT2D eigenvalue weighted by molar-refractivity contribution is 0.0608. The highest BCUT2D eigenvalue weighted by Gasteiger charge is 2.34. The summed E-state index contributed by atoms with van der Waals surface area (Å²) in [5.41, 5.74) is 1.85. The Kier molecular flexibility index (Phi) is 5.07. The first-order chi connectivity index (χ1) is 10.9. The van der Waals surface area contributed by atoms with E-state index in [1.165, 1.54) is 14.2 Å². The lowest BCUT2D eigenvalue weighted by atomic mass is 9.85. The van der Waals surface area contributed by atoms with Gasteiger partial charge in [0.15, 0.2) is 6.17 Å². The molecule has 1 aliphatic carbocycles. The van der Waals surface area contributed by atoms with Crippen LogP contribution >= 0.6 is 0 Å². The third-order valence-corrected chi connectivity index (χ3v) is 3.64. The second-order valence-corrected chi connectivity index (χ2v) is 5.46. The molecule has 2 rings (SSSR count). The van der Waals surface area contributed by atoms with E-state index in [4.69, 9.17) is 10.8 Å². The van der Waals surface area contributed by atoms with Crippen molar-refractivity contribution < 1.29 is 15.2 Å². The SMILES string of the molecule is [2H]C1(OC)C(C(C)C)=C(OC)C=C(/C=C/c2ccccc2)C1F. The fourth-order valence-electron chi connectivity index (χ4n) is 2.55. The summed E-state index contributed by atoms with van der Waals surface area (Å²) in [6, 6.07) is 9.63. The van der Waals surface area contributed by atoms with Crippen LogP contribution in [0.1, 0.15) is 20.8 Å². The summed E-state index contributed by atoms with van der Waals surface area (Å²) in [4.78, 5) is 0. The van der Waals surface area contributed by atoms with Crippen molar-refractivity contribution in [1.82, 2.24) is 0 Å². The third-order valence-electron chi connectivity index (χ3n) is 3.64. The fourth-order valence-corrected chi connectivity index (χ4v) is 2.55. The van der Waals surface area contributed by atoms with Gasteiger partial charge >= 0.3 is 0 Å². The van der Waals surface area contributed by atoms with Crippen LogP contribution in [0.4, 0.5) is 4.39 Å². The van der Waals surface area contributed by atoms with Gasteiger partial charge in [-0.1, -0.05) is 56.3 Å². The molecule has 0 bridgehead atoms. The molecule has 22 heavy (non-hydrogen) atoms. The summed E-state index contributed by atoms with van der Waals surface area (Å²) in [6.45, 7) is 3.81. The standard InChI is InChI=1S/C19H23FO2/c1-13(2)17-16(21-3)12-15(18(20)19(17)22-4)11-10-14-8-6-5-7-9-14/h5-13,18-19H,1-4H3/b11-10+/i19D. The second-order valence-electron chi connectivity index (χ2n) is 5.46. The first-order valence-corrected chi connectivity index (χ1v) is 7.36. The third kappa shape index (κ3) is 3.47. The van der Waals surface area contributed by atoms with Gasteiger partial charge in [-0.15, -0.1) is 0 Å². The van der Waals surface area contributed by atoms with E-state index in [-0.39, 0.29) is 5.92 Å². The van der Waals surface area contributed by atoms with Crippen LogP contribution in [0.15, 0.2) is 59.4 Å². The van der Waals surface area contributed by atoms with Crippen molar-refractivity contribution >= 4 is 6.08 Å². The summed E-state index contributed by atoms with van der Waals surface area (Å²) in [6.07, 6.45) is 1.81. The molecule has 0 radical (unpaired) electrons. The Labute approximate surface area is 133 Å². The smallest absolute Gasteiger partial charge is 0.155 e. The molecule has 1 aromatic carbocycles. The van der Waals surface area contributed by atoms with E-state index in [0.29, 0.717) is 16.9 Å². The molecule has 2 unspecified atom stereocenters. The molecule has 1 aliphatic rings. The number of methoxy groups -OCH3 is 2. The first kappa shape index (κ1) is 15.0. The Morgan fingerprint density at radius 1 is 1.18 bits per heavy atom. The van der Waals surface area contributed by atoms with Crippen LogP contribution in [-0.2, 0) is 9.47 Å². The topological polar surface area (TPSA) is 18.5 Å². The Bertz CT molecular complexity index is 634. The van der Waals surface area contributed by atoms with Crippen LogP contribution in [0.2, 0.25) is 0 Å². The van der Waals surface area contributed by atoms with Crippen LogP contribution in [0, 0.1) is 5.92 Å². The quantitative estimate of drug-likeness (QED) is 0.794. The molecule has 1 aromatic rings. The van der Waals surface area contributed by atoms with Crippen LogP contribution in [0.3, 0.4) is 0 Å². The van der Waals surface area contributed by atoms with Gasteiger partial charge in [0.05, 0.1) is 8.48 Å². The van der Waals surface area contributed by atoms with Crippen LogP contribution < -0.4 is 0 Å². The predicted octanol–water partition coefficient (Wildman–Crippen LogP) is 4.55. The van der Waals surface area contributed by atoms with Crippen molar-refractivity contribution in [1.29, 1.82) is 0 Å². The van der Waals surface area contributed by atoms with Crippen molar-refractivity contribution in [3.8, 4) is 0 Å². The number of alkyl halides is 1. The number of rotatable bonds is 5. The van der Waals surface area contributed by atoms with Crippen molar-refractivity contribution in [2.75, 3.05) is 14.2 Å². The fraction of sp³-hybridized carbons (Fsp3) is 0.368. The lowest BCUT2D eigenvalue weighted by Gasteiger charge is -2.31. The van der Waals surface area contributed by atoms with Gasteiger partial charge in [0.2, 0.25) is 0 Å². The van der Waals surface area contributed by atoms with Gasteiger partial charge in [-0.25, -0.2) is 4.39 Å². The van der Waals surface area contributed by atoms with Crippen molar-refractivity contribution in [3.05, 3.63) is 65.0 Å². The van der Waals surface area contributed by atoms with Gasteiger partial charge in [0, 0.05) is 12.7 Å².